The smallest absolute Gasteiger partial charge is 0.306 e. The molecule has 0 aliphatic heterocycles. The number of nitro groups is 1. The van der Waals surface area contributed by atoms with Crippen LogP contribution in [0.2, 0.25) is 0 Å². The van der Waals surface area contributed by atoms with Crippen LogP contribution >= 0.6 is 0 Å². The molecule has 8 nitrogen and oxygen atoms in total. The van der Waals surface area contributed by atoms with Gasteiger partial charge in [0.25, 0.3) is 5.69 Å². The number of hydrogen-bond acceptors (Lipinski definition) is 6. The first-order valence-electron chi connectivity index (χ1n) is 6.08. The van der Waals surface area contributed by atoms with Crippen molar-refractivity contribution in [1.29, 1.82) is 0 Å². The van der Waals surface area contributed by atoms with E-state index >= 15 is 0 Å². The molecule has 1 rings (SSSR count). The third kappa shape index (κ3) is 4.71. The number of nitrogens with one attached hydrogen (secondary N) is 1. The van der Waals surface area contributed by atoms with Crippen LogP contribution in [-0.4, -0.2) is 37.2 Å². The summed E-state index contributed by atoms with van der Waals surface area (Å²) < 4.78 is 22.8. The van der Waals surface area contributed by atoms with E-state index in [0.717, 1.165) is 12.3 Å². The van der Waals surface area contributed by atoms with E-state index in [-0.39, 0.29) is 22.8 Å². The summed E-state index contributed by atoms with van der Waals surface area (Å²) in [4.78, 5) is 20.8. The first kappa shape index (κ1) is 16.9. The van der Waals surface area contributed by atoms with Gasteiger partial charge in [-0.3, -0.25) is 14.9 Å². The molecule has 0 aromatic heterocycles. The lowest BCUT2D eigenvalue weighted by Gasteiger charge is -2.10. The molecule has 0 fully saturated rings. The van der Waals surface area contributed by atoms with Crippen molar-refractivity contribution in [3.05, 3.63) is 28.3 Å². The van der Waals surface area contributed by atoms with E-state index in [0.29, 0.717) is 6.42 Å². The van der Waals surface area contributed by atoms with Gasteiger partial charge in [0.15, 0.2) is 9.84 Å². The van der Waals surface area contributed by atoms with Gasteiger partial charge in [-0.2, -0.15) is 0 Å². The quantitative estimate of drug-likeness (QED) is 0.576. The third-order valence-corrected chi connectivity index (χ3v) is 4.02. The fourth-order valence-electron chi connectivity index (χ4n) is 1.59. The van der Waals surface area contributed by atoms with E-state index in [1.807, 2.05) is 0 Å². The second-order valence-electron chi connectivity index (χ2n) is 4.66. The molecule has 0 saturated carbocycles. The average molecular weight is 316 g/mol. The first-order valence-corrected chi connectivity index (χ1v) is 7.97. The second kappa shape index (κ2) is 6.53. The van der Waals surface area contributed by atoms with Crippen LogP contribution in [0.15, 0.2) is 23.1 Å². The molecule has 0 aliphatic rings. The van der Waals surface area contributed by atoms with Crippen molar-refractivity contribution < 1.29 is 23.2 Å². The number of sulfone groups is 1. The SMILES string of the molecule is CC(CCNc1ccc(S(C)(=O)=O)cc1[N+](=O)[O-])C(=O)O. The Morgan fingerprint density at radius 3 is 2.57 bits per heavy atom. The van der Waals surface area contributed by atoms with Crippen LogP contribution in [0.3, 0.4) is 0 Å². The maximum absolute atomic E-state index is 11.4. The minimum absolute atomic E-state index is 0.140. The Labute approximate surface area is 121 Å². The van der Waals surface area contributed by atoms with Crippen molar-refractivity contribution in [3.8, 4) is 0 Å². The number of aliphatic carboxylic acids is 1. The van der Waals surface area contributed by atoms with Crippen LogP contribution in [0.25, 0.3) is 0 Å². The highest BCUT2D eigenvalue weighted by atomic mass is 32.2. The van der Waals surface area contributed by atoms with Gasteiger partial charge in [0.2, 0.25) is 0 Å². The Morgan fingerprint density at radius 1 is 1.48 bits per heavy atom. The minimum Gasteiger partial charge on any atom is -0.481 e. The van der Waals surface area contributed by atoms with Crippen molar-refractivity contribution in [2.24, 2.45) is 5.92 Å². The van der Waals surface area contributed by atoms with Gasteiger partial charge in [-0.15, -0.1) is 0 Å². The summed E-state index contributed by atoms with van der Waals surface area (Å²) in [6.45, 7) is 1.76. The number of nitrogens with zero attached hydrogens (tertiary/aromatic N) is 1. The van der Waals surface area contributed by atoms with Crippen LogP contribution < -0.4 is 5.32 Å². The molecule has 0 aliphatic carbocycles. The highest BCUT2D eigenvalue weighted by Gasteiger charge is 2.19. The number of hydrogen-bond donors (Lipinski definition) is 2. The molecule has 0 saturated heterocycles. The molecule has 0 radical (unpaired) electrons. The van der Waals surface area contributed by atoms with Crippen molar-refractivity contribution in [3.63, 3.8) is 0 Å². The number of nitro benzene ring substituents is 1. The molecular formula is C12H16N2O6S. The molecule has 1 unspecified atom stereocenters. The number of anilines is 1. The maximum atomic E-state index is 11.4. The zero-order valence-electron chi connectivity index (χ0n) is 11.6. The molecule has 0 amide bonds. The van der Waals surface area contributed by atoms with E-state index < -0.39 is 26.6 Å². The number of carboxylic acids is 1. The van der Waals surface area contributed by atoms with Gasteiger partial charge in [-0.05, 0) is 18.6 Å². The molecule has 1 aromatic carbocycles. The lowest BCUT2D eigenvalue weighted by atomic mass is 10.1. The molecule has 0 spiro atoms. The highest BCUT2D eigenvalue weighted by Crippen LogP contribution is 2.27. The standard InChI is InChI=1S/C12H16N2O6S/c1-8(12(15)16)5-6-13-10-4-3-9(21(2,19)20)7-11(10)14(17)18/h3-4,7-8,13H,5-6H2,1-2H3,(H,15,16). The predicted molar refractivity (Wildman–Crippen MR) is 76.1 cm³/mol. The highest BCUT2D eigenvalue weighted by molar-refractivity contribution is 7.90. The summed E-state index contributed by atoms with van der Waals surface area (Å²) in [5.41, 5.74) is -0.203. The molecule has 1 aromatic rings. The molecule has 2 N–H and O–H groups in total. The Balaban J connectivity index is 2.93. The van der Waals surface area contributed by atoms with Crippen molar-refractivity contribution in [2.75, 3.05) is 18.1 Å². The topological polar surface area (TPSA) is 127 Å². The summed E-state index contributed by atoms with van der Waals surface area (Å²) in [6.07, 6.45) is 1.26. The van der Waals surface area contributed by atoms with E-state index in [2.05, 4.69) is 5.32 Å². The summed E-state index contributed by atoms with van der Waals surface area (Å²) in [6, 6.07) is 3.56. The lowest BCUT2D eigenvalue weighted by Crippen LogP contribution is -2.15. The molecule has 9 heteroatoms. The van der Waals surface area contributed by atoms with Crippen LogP contribution in [0.5, 0.6) is 0 Å². The number of carboxylic acid groups (broad SMARTS) is 1. The first-order chi connectivity index (χ1) is 9.62. The monoisotopic (exact) mass is 316 g/mol. The van der Waals surface area contributed by atoms with Gasteiger partial charge in [0.05, 0.1) is 15.7 Å². The zero-order valence-corrected chi connectivity index (χ0v) is 12.4. The molecule has 0 heterocycles. The average Bonchev–Trinajstić information content (AvgIpc) is 2.37. The van der Waals surface area contributed by atoms with Crippen LogP contribution in [0.4, 0.5) is 11.4 Å². The Morgan fingerprint density at radius 2 is 2.10 bits per heavy atom. The molecule has 21 heavy (non-hydrogen) atoms. The zero-order chi connectivity index (χ0) is 16.2. The van der Waals surface area contributed by atoms with E-state index in [4.69, 9.17) is 5.11 Å². The van der Waals surface area contributed by atoms with E-state index in [9.17, 15) is 23.3 Å². The Kier molecular flexibility index (Phi) is 5.25. The van der Waals surface area contributed by atoms with Gasteiger partial charge in [0, 0.05) is 18.9 Å². The van der Waals surface area contributed by atoms with Gasteiger partial charge >= 0.3 is 5.97 Å². The van der Waals surface area contributed by atoms with Crippen molar-refractivity contribution in [2.45, 2.75) is 18.2 Å². The van der Waals surface area contributed by atoms with Crippen LogP contribution in [0, 0.1) is 16.0 Å². The van der Waals surface area contributed by atoms with E-state index in [1.165, 1.54) is 19.1 Å². The van der Waals surface area contributed by atoms with Gasteiger partial charge in [-0.25, -0.2) is 8.42 Å². The van der Waals surface area contributed by atoms with Crippen molar-refractivity contribution in [1.82, 2.24) is 0 Å². The van der Waals surface area contributed by atoms with E-state index in [1.54, 1.807) is 0 Å². The normalized spacial score (nSPS) is 12.7. The largest absolute Gasteiger partial charge is 0.481 e. The number of carbonyl (C=O) groups is 1. The Hall–Kier alpha value is -2.16. The minimum atomic E-state index is -3.53. The lowest BCUT2D eigenvalue weighted by molar-refractivity contribution is -0.384. The molecule has 0 bridgehead atoms. The number of benzene rings is 1. The van der Waals surface area contributed by atoms with Crippen LogP contribution in [0.1, 0.15) is 13.3 Å². The second-order valence-corrected chi connectivity index (χ2v) is 6.68. The molecule has 116 valence electrons. The van der Waals surface area contributed by atoms with Gasteiger partial charge < -0.3 is 10.4 Å². The Bertz CT molecular complexity index is 656. The predicted octanol–water partition coefficient (Wildman–Crippen LogP) is 1.52. The van der Waals surface area contributed by atoms with Gasteiger partial charge in [-0.1, -0.05) is 6.92 Å². The summed E-state index contributed by atoms with van der Waals surface area (Å²) in [5.74, 6) is -1.52. The molecular weight excluding hydrogens is 300 g/mol. The third-order valence-electron chi connectivity index (χ3n) is 2.91. The van der Waals surface area contributed by atoms with Gasteiger partial charge in [0.1, 0.15) is 5.69 Å². The fraction of sp³-hybridized carbons (Fsp3) is 0.417. The van der Waals surface area contributed by atoms with Crippen molar-refractivity contribution >= 4 is 27.2 Å². The number of rotatable bonds is 7. The van der Waals surface area contributed by atoms with Crippen LogP contribution in [-0.2, 0) is 14.6 Å². The molecule has 1 atom stereocenters. The summed E-state index contributed by atoms with van der Waals surface area (Å²) in [7, 11) is -3.53. The maximum Gasteiger partial charge on any atom is 0.306 e. The fourth-order valence-corrected chi connectivity index (χ4v) is 2.23. The summed E-state index contributed by atoms with van der Waals surface area (Å²) in [5, 5.41) is 22.5. The summed E-state index contributed by atoms with van der Waals surface area (Å²) >= 11 is 0.